The van der Waals surface area contributed by atoms with Crippen molar-refractivity contribution in [3.8, 4) is 0 Å². The Morgan fingerprint density at radius 3 is 2.56 bits per heavy atom. The monoisotopic (exact) mass is 339 g/mol. The molecule has 1 saturated heterocycles. The van der Waals surface area contributed by atoms with Crippen molar-refractivity contribution >= 4 is 5.82 Å². The minimum atomic E-state index is 0.657. The maximum Gasteiger partial charge on any atom is 0.128 e. The standard InChI is InChI=1S/C21H29N3O/c1-16-12-19(16)20-8-7-18(25-20)15-22-13-17-6-9-21(23-14-17)24-10-4-2-3-5-11-24/h6-9,14,16,19,22H,2-5,10-13,15H2,1H3. The Labute approximate surface area is 150 Å². The van der Waals surface area contributed by atoms with E-state index in [1.54, 1.807) is 0 Å². The number of pyridine rings is 1. The van der Waals surface area contributed by atoms with Gasteiger partial charge in [0.2, 0.25) is 0 Å². The highest BCUT2D eigenvalue weighted by Crippen LogP contribution is 2.47. The molecule has 0 bridgehead atoms. The Morgan fingerprint density at radius 2 is 1.88 bits per heavy atom. The third-order valence-corrected chi connectivity index (χ3v) is 5.52. The molecule has 2 unspecified atom stereocenters. The molecule has 0 amide bonds. The van der Waals surface area contributed by atoms with Crippen LogP contribution in [0.2, 0.25) is 0 Å². The van der Waals surface area contributed by atoms with E-state index < -0.39 is 0 Å². The lowest BCUT2D eigenvalue weighted by Crippen LogP contribution is -2.24. The number of hydrogen-bond donors (Lipinski definition) is 1. The summed E-state index contributed by atoms with van der Waals surface area (Å²) in [5.74, 6) is 4.76. The Bertz CT molecular complexity index is 671. The van der Waals surface area contributed by atoms with Gasteiger partial charge in [-0.05, 0) is 48.9 Å². The molecule has 0 spiro atoms. The second-order valence-corrected chi connectivity index (χ2v) is 7.65. The summed E-state index contributed by atoms with van der Waals surface area (Å²) < 4.78 is 5.94. The van der Waals surface area contributed by atoms with E-state index in [0.29, 0.717) is 5.92 Å². The Kier molecular flexibility index (Phi) is 5.07. The van der Waals surface area contributed by atoms with Crippen LogP contribution >= 0.6 is 0 Å². The van der Waals surface area contributed by atoms with Crippen molar-refractivity contribution in [2.24, 2.45) is 5.92 Å². The van der Waals surface area contributed by atoms with Crippen molar-refractivity contribution in [1.82, 2.24) is 10.3 Å². The highest BCUT2D eigenvalue weighted by atomic mass is 16.3. The van der Waals surface area contributed by atoms with Crippen LogP contribution in [0.15, 0.2) is 34.9 Å². The molecule has 4 rings (SSSR count). The SMILES string of the molecule is CC1CC1c1ccc(CNCc2ccc(N3CCCCCC3)nc2)o1. The second-order valence-electron chi connectivity index (χ2n) is 7.65. The summed E-state index contributed by atoms with van der Waals surface area (Å²) in [6, 6.07) is 8.61. The van der Waals surface area contributed by atoms with Crippen LogP contribution in [0.4, 0.5) is 5.82 Å². The van der Waals surface area contributed by atoms with E-state index in [9.17, 15) is 0 Å². The molecule has 2 atom stereocenters. The summed E-state index contributed by atoms with van der Waals surface area (Å²) in [5, 5.41) is 3.46. The van der Waals surface area contributed by atoms with Crippen LogP contribution in [0.3, 0.4) is 0 Å². The lowest BCUT2D eigenvalue weighted by Gasteiger charge is -2.21. The normalized spacial score (nSPS) is 23.5. The number of nitrogens with zero attached hydrogens (tertiary/aromatic N) is 2. The van der Waals surface area contributed by atoms with Crippen LogP contribution in [0.5, 0.6) is 0 Å². The van der Waals surface area contributed by atoms with Gasteiger partial charge in [-0.25, -0.2) is 4.98 Å². The average molecular weight is 339 g/mol. The molecule has 2 aromatic heterocycles. The number of aromatic nitrogens is 1. The van der Waals surface area contributed by atoms with Crippen molar-refractivity contribution < 1.29 is 4.42 Å². The maximum absolute atomic E-state index is 5.94. The van der Waals surface area contributed by atoms with Crippen molar-refractivity contribution in [3.05, 3.63) is 47.5 Å². The minimum Gasteiger partial charge on any atom is -0.464 e. The summed E-state index contributed by atoms with van der Waals surface area (Å²) >= 11 is 0. The van der Waals surface area contributed by atoms with Gasteiger partial charge in [-0.3, -0.25) is 0 Å². The van der Waals surface area contributed by atoms with E-state index >= 15 is 0 Å². The highest BCUT2D eigenvalue weighted by Gasteiger charge is 2.36. The molecule has 2 fully saturated rings. The van der Waals surface area contributed by atoms with E-state index in [2.05, 4.69) is 46.4 Å². The Hall–Kier alpha value is -1.81. The van der Waals surface area contributed by atoms with Gasteiger partial charge in [-0.15, -0.1) is 0 Å². The molecule has 2 aromatic rings. The maximum atomic E-state index is 5.94. The van der Waals surface area contributed by atoms with Gasteiger partial charge in [0.1, 0.15) is 17.3 Å². The van der Waals surface area contributed by atoms with E-state index in [-0.39, 0.29) is 0 Å². The molecule has 25 heavy (non-hydrogen) atoms. The van der Waals surface area contributed by atoms with Gasteiger partial charge in [0.05, 0.1) is 6.54 Å². The van der Waals surface area contributed by atoms with Gasteiger partial charge in [0, 0.05) is 31.7 Å². The lowest BCUT2D eigenvalue weighted by atomic mass is 10.2. The summed E-state index contributed by atoms with van der Waals surface area (Å²) in [7, 11) is 0. The van der Waals surface area contributed by atoms with E-state index in [4.69, 9.17) is 4.42 Å². The van der Waals surface area contributed by atoms with Gasteiger partial charge in [0.25, 0.3) is 0 Å². The van der Waals surface area contributed by atoms with E-state index in [1.807, 2.05) is 6.20 Å². The first-order valence-electron chi connectivity index (χ1n) is 9.79. The molecule has 0 aromatic carbocycles. The van der Waals surface area contributed by atoms with Crippen molar-refractivity contribution in [2.75, 3.05) is 18.0 Å². The first-order valence-corrected chi connectivity index (χ1v) is 9.79. The quantitative estimate of drug-likeness (QED) is 0.843. The third kappa shape index (κ3) is 4.24. The van der Waals surface area contributed by atoms with Crippen LogP contribution in [-0.4, -0.2) is 18.1 Å². The lowest BCUT2D eigenvalue weighted by molar-refractivity contribution is 0.444. The van der Waals surface area contributed by atoms with Crippen LogP contribution < -0.4 is 10.2 Å². The molecule has 0 radical (unpaired) electrons. The largest absolute Gasteiger partial charge is 0.464 e. The molecule has 4 nitrogen and oxygen atoms in total. The summed E-state index contributed by atoms with van der Waals surface area (Å²) in [5.41, 5.74) is 1.22. The summed E-state index contributed by atoms with van der Waals surface area (Å²) in [4.78, 5) is 7.10. The first-order chi connectivity index (χ1) is 12.3. The van der Waals surface area contributed by atoms with Crippen LogP contribution in [-0.2, 0) is 13.1 Å². The van der Waals surface area contributed by atoms with Gasteiger partial charge in [0.15, 0.2) is 0 Å². The Balaban J connectivity index is 1.26. The van der Waals surface area contributed by atoms with Gasteiger partial charge in [-0.2, -0.15) is 0 Å². The zero-order valence-corrected chi connectivity index (χ0v) is 15.2. The number of nitrogens with one attached hydrogen (secondary N) is 1. The number of anilines is 1. The van der Waals surface area contributed by atoms with E-state index in [1.165, 1.54) is 37.7 Å². The number of rotatable bonds is 6. The first kappa shape index (κ1) is 16.6. The minimum absolute atomic E-state index is 0.657. The fraction of sp³-hybridized carbons (Fsp3) is 0.571. The topological polar surface area (TPSA) is 41.3 Å². The third-order valence-electron chi connectivity index (χ3n) is 5.52. The fourth-order valence-corrected chi connectivity index (χ4v) is 3.75. The molecule has 1 aliphatic carbocycles. The van der Waals surface area contributed by atoms with Crippen LogP contribution in [0.1, 0.15) is 62.0 Å². The molecule has 1 saturated carbocycles. The molecule has 134 valence electrons. The molecule has 1 aliphatic heterocycles. The van der Waals surface area contributed by atoms with Gasteiger partial charge in [-0.1, -0.05) is 25.8 Å². The van der Waals surface area contributed by atoms with Crippen LogP contribution in [0.25, 0.3) is 0 Å². The second kappa shape index (κ2) is 7.61. The molecule has 3 heterocycles. The van der Waals surface area contributed by atoms with Crippen molar-refractivity contribution in [1.29, 1.82) is 0 Å². The molecule has 4 heteroatoms. The van der Waals surface area contributed by atoms with Gasteiger partial charge < -0.3 is 14.6 Å². The number of furan rings is 1. The zero-order chi connectivity index (χ0) is 17.1. The van der Waals surface area contributed by atoms with Crippen molar-refractivity contribution in [2.45, 2.75) is 58.0 Å². The zero-order valence-electron chi connectivity index (χ0n) is 15.2. The molecular formula is C21H29N3O. The van der Waals surface area contributed by atoms with Crippen molar-refractivity contribution in [3.63, 3.8) is 0 Å². The van der Waals surface area contributed by atoms with Gasteiger partial charge >= 0.3 is 0 Å². The summed E-state index contributed by atoms with van der Waals surface area (Å²) in [6.45, 7) is 6.17. The predicted octanol–water partition coefficient (Wildman–Crippen LogP) is 4.47. The highest BCUT2D eigenvalue weighted by molar-refractivity contribution is 5.39. The summed E-state index contributed by atoms with van der Waals surface area (Å²) in [6.07, 6.45) is 8.56. The molecule has 2 aliphatic rings. The van der Waals surface area contributed by atoms with Crippen LogP contribution in [0, 0.1) is 5.92 Å². The molecular weight excluding hydrogens is 310 g/mol. The average Bonchev–Trinajstić information content (AvgIpc) is 3.28. The smallest absolute Gasteiger partial charge is 0.128 e. The molecule has 1 N–H and O–H groups in total. The fourth-order valence-electron chi connectivity index (χ4n) is 3.75. The number of hydrogen-bond acceptors (Lipinski definition) is 4. The van der Waals surface area contributed by atoms with E-state index in [0.717, 1.165) is 49.4 Å². The Morgan fingerprint density at radius 1 is 1.08 bits per heavy atom. The predicted molar refractivity (Wildman–Crippen MR) is 101 cm³/mol.